The predicted molar refractivity (Wildman–Crippen MR) is 71.7 cm³/mol. The van der Waals surface area contributed by atoms with Crippen molar-refractivity contribution in [1.82, 2.24) is 5.32 Å². The maximum Gasteiger partial charge on any atom is 0.129 e. The first-order chi connectivity index (χ1) is 8.65. The molecule has 1 unspecified atom stereocenters. The minimum absolute atomic E-state index is 0.0954. The summed E-state index contributed by atoms with van der Waals surface area (Å²) < 4.78 is 26.9. The fourth-order valence-corrected chi connectivity index (χ4v) is 2.01. The molecule has 0 bridgehead atoms. The van der Waals surface area contributed by atoms with Gasteiger partial charge in [-0.1, -0.05) is 32.3 Å². The average molecular weight is 255 g/mol. The number of rotatable bonds is 8. The molecule has 102 valence electrons. The molecule has 0 saturated carbocycles. The summed E-state index contributed by atoms with van der Waals surface area (Å²) in [7, 11) is 0. The summed E-state index contributed by atoms with van der Waals surface area (Å²) in [6.45, 7) is 5.06. The summed E-state index contributed by atoms with van der Waals surface area (Å²) in [6, 6.07) is 4.12. The zero-order chi connectivity index (χ0) is 13.4. The lowest BCUT2D eigenvalue weighted by Gasteiger charge is -2.14. The van der Waals surface area contributed by atoms with E-state index < -0.39 is 11.6 Å². The zero-order valence-electron chi connectivity index (χ0n) is 11.3. The number of halogens is 2. The highest BCUT2D eigenvalue weighted by molar-refractivity contribution is 5.20. The Morgan fingerprint density at radius 1 is 1.11 bits per heavy atom. The second-order valence-corrected chi connectivity index (χ2v) is 4.82. The van der Waals surface area contributed by atoms with Gasteiger partial charge in [0.25, 0.3) is 0 Å². The lowest BCUT2D eigenvalue weighted by atomic mass is 10.1. The first-order valence-corrected chi connectivity index (χ1v) is 6.81. The van der Waals surface area contributed by atoms with Crippen molar-refractivity contribution in [2.75, 3.05) is 6.54 Å². The first kappa shape index (κ1) is 15.1. The highest BCUT2D eigenvalue weighted by atomic mass is 19.1. The van der Waals surface area contributed by atoms with Gasteiger partial charge in [-0.3, -0.25) is 0 Å². The summed E-state index contributed by atoms with van der Waals surface area (Å²) >= 11 is 0. The minimum Gasteiger partial charge on any atom is -0.314 e. The van der Waals surface area contributed by atoms with Gasteiger partial charge in [-0.2, -0.15) is 0 Å². The van der Waals surface area contributed by atoms with Crippen LogP contribution in [0.25, 0.3) is 0 Å². The molecule has 1 atom stereocenters. The topological polar surface area (TPSA) is 12.0 Å². The van der Waals surface area contributed by atoms with Gasteiger partial charge in [-0.25, -0.2) is 8.78 Å². The second kappa shape index (κ2) is 8.20. The zero-order valence-corrected chi connectivity index (χ0v) is 11.3. The van der Waals surface area contributed by atoms with Crippen LogP contribution in [-0.4, -0.2) is 12.6 Å². The van der Waals surface area contributed by atoms with Crippen LogP contribution in [-0.2, 0) is 6.42 Å². The van der Waals surface area contributed by atoms with E-state index in [4.69, 9.17) is 0 Å². The van der Waals surface area contributed by atoms with Crippen LogP contribution in [0.5, 0.6) is 0 Å². The summed E-state index contributed by atoms with van der Waals surface area (Å²) in [5.41, 5.74) is 0.186. The lowest BCUT2D eigenvalue weighted by molar-refractivity contribution is 0.488. The third-order valence-electron chi connectivity index (χ3n) is 3.10. The summed E-state index contributed by atoms with van der Waals surface area (Å²) in [5.74, 6) is -0.899. The molecule has 1 nitrogen and oxygen atoms in total. The molecule has 0 aromatic heterocycles. The van der Waals surface area contributed by atoms with Gasteiger partial charge >= 0.3 is 0 Å². The highest BCUT2D eigenvalue weighted by Gasteiger charge is 2.11. The van der Waals surface area contributed by atoms with Gasteiger partial charge in [0.05, 0.1) is 0 Å². The quantitative estimate of drug-likeness (QED) is 0.691. The van der Waals surface area contributed by atoms with Crippen molar-refractivity contribution >= 4 is 0 Å². The number of benzene rings is 1. The van der Waals surface area contributed by atoms with Crippen LogP contribution in [0, 0.1) is 11.6 Å². The Morgan fingerprint density at radius 2 is 1.78 bits per heavy atom. The fourth-order valence-electron chi connectivity index (χ4n) is 2.01. The fraction of sp³-hybridized carbons (Fsp3) is 0.600. The van der Waals surface area contributed by atoms with Crippen molar-refractivity contribution < 1.29 is 8.78 Å². The molecule has 0 aliphatic rings. The summed E-state index contributed by atoms with van der Waals surface area (Å²) in [5, 5.41) is 3.31. The molecule has 0 aliphatic heterocycles. The highest BCUT2D eigenvalue weighted by Crippen LogP contribution is 2.14. The molecule has 0 heterocycles. The third-order valence-corrected chi connectivity index (χ3v) is 3.10. The van der Waals surface area contributed by atoms with E-state index >= 15 is 0 Å². The normalized spacial score (nSPS) is 12.7. The Hall–Kier alpha value is -0.960. The van der Waals surface area contributed by atoms with Crippen LogP contribution in [0.1, 0.15) is 45.1 Å². The van der Waals surface area contributed by atoms with E-state index in [1.54, 1.807) is 0 Å². The Labute approximate surface area is 109 Å². The van der Waals surface area contributed by atoms with Crippen molar-refractivity contribution in [2.24, 2.45) is 0 Å². The van der Waals surface area contributed by atoms with E-state index in [0.29, 0.717) is 6.42 Å². The Balaban J connectivity index is 2.33. The molecular weight excluding hydrogens is 232 g/mol. The van der Waals surface area contributed by atoms with Gasteiger partial charge in [0, 0.05) is 11.6 Å². The monoisotopic (exact) mass is 255 g/mol. The molecule has 0 saturated heterocycles. The molecule has 1 aromatic rings. The van der Waals surface area contributed by atoms with E-state index in [9.17, 15) is 8.78 Å². The van der Waals surface area contributed by atoms with Crippen LogP contribution < -0.4 is 5.32 Å². The van der Waals surface area contributed by atoms with Crippen molar-refractivity contribution in [2.45, 2.75) is 52.0 Å². The SMILES string of the molecule is CCCCCCNC(C)Cc1c(F)cccc1F. The molecule has 0 aliphatic carbocycles. The van der Waals surface area contributed by atoms with Crippen LogP contribution in [0.4, 0.5) is 8.78 Å². The predicted octanol–water partition coefficient (Wildman–Crippen LogP) is 4.07. The Bertz CT molecular complexity index is 332. The largest absolute Gasteiger partial charge is 0.314 e. The Kier molecular flexibility index (Phi) is 6.88. The molecular formula is C15H23F2N. The van der Waals surface area contributed by atoms with Gasteiger partial charge in [0.2, 0.25) is 0 Å². The lowest BCUT2D eigenvalue weighted by Crippen LogP contribution is -2.29. The molecule has 0 radical (unpaired) electrons. The van der Waals surface area contributed by atoms with Crippen LogP contribution in [0.15, 0.2) is 18.2 Å². The van der Waals surface area contributed by atoms with Gasteiger partial charge in [-0.05, 0) is 38.4 Å². The van der Waals surface area contributed by atoms with Gasteiger partial charge in [-0.15, -0.1) is 0 Å². The number of unbranched alkanes of at least 4 members (excludes halogenated alkanes) is 3. The van der Waals surface area contributed by atoms with Gasteiger partial charge < -0.3 is 5.32 Å². The number of nitrogens with one attached hydrogen (secondary N) is 1. The van der Waals surface area contributed by atoms with E-state index in [1.807, 2.05) is 6.92 Å². The van der Waals surface area contributed by atoms with Crippen LogP contribution >= 0.6 is 0 Å². The molecule has 3 heteroatoms. The minimum atomic E-state index is -0.449. The maximum atomic E-state index is 13.4. The summed E-state index contributed by atoms with van der Waals surface area (Å²) in [4.78, 5) is 0. The van der Waals surface area contributed by atoms with Crippen LogP contribution in [0.3, 0.4) is 0 Å². The van der Waals surface area contributed by atoms with Crippen molar-refractivity contribution in [1.29, 1.82) is 0 Å². The van der Waals surface area contributed by atoms with E-state index in [-0.39, 0.29) is 11.6 Å². The van der Waals surface area contributed by atoms with Gasteiger partial charge in [0.15, 0.2) is 0 Å². The van der Waals surface area contributed by atoms with E-state index in [1.165, 1.54) is 37.5 Å². The standard InChI is InChI=1S/C15H23F2N/c1-3-4-5-6-10-18-12(2)11-13-14(16)8-7-9-15(13)17/h7-9,12,18H,3-6,10-11H2,1-2H3. The van der Waals surface area contributed by atoms with Crippen LogP contribution in [0.2, 0.25) is 0 Å². The second-order valence-electron chi connectivity index (χ2n) is 4.82. The van der Waals surface area contributed by atoms with Crippen molar-refractivity contribution in [3.8, 4) is 0 Å². The molecule has 1 N–H and O–H groups in total. The first-order valence-electron chi connectivity index (χ1n) is 6.81. The average Bonchev–Trinajstić information content (AvgIpc) is 2.34. The Morgan fingerprint density at radius 3 is 2.39 bits per heavy atom. The number of hydrogen-bond acceptors (Lipinski definition) is 1. The molecule has 18 heavy (non-hydrogen) atoms. The molecule has 1 aromatic carbocycles. The summed E-state index contributed by atoms with van der Waals surface area (Å²) in [6.07, 6.45) is 5.20. The smallest absolute Gasteiger partial charge is 0.129 e. The van der Waals surface area contributed by atoms with Crippen molar-refractivity contribution in [3.05, 3.63) is 35.4 Å². The van der Waals surface area contributed by atoms with E-state index in [0.717, 1.165) is 13.0 Å². The molecule has 0 spiro atoms. The number of hydrogen-bond donors (Lipinski definition) is 1. The van der Waals surface area contributed by atoms with Crippen molar-refractivity contribution in [3.63, 3.8) is 0 Å². The third kappa shape index (κ3) is 5.13. The molecule has 1 rings (SSSR count). The van der Waals surface area contributed by atoms with E-state index in [2.05, 4.69) is 12.2 Å². The molecule has 0 amide bonds. The maximum absolute atomic E-state index is 13.4. The van der Waals surface area contributed by atoms with Gasteiger partial charge in [0.1, 0.15) is 11.6 Å². The molecule has 0 fully saturated rings.